The predicted molar refractivity (Wildman–Crippen MR) is 108 cm³/mol. The molecule has 2 aromatic rings. The van der Waals surface area contributed by atoms with E-state index in [0.29, 0.717) is 31.7 Å². The maximum absolute atomic E-state index is 11.9. The van der Waals surface area contributed by atoms with Crippen molar-refractivity contribution in [2.45, 2.75) is 44.2 Å². The number of benzene rings is 2. The summed E-state index contributed by atoms with van der Waals surface area (Å²) in [6, 6.07) is 13.9. The van der Waals surface area contributed by atoms with Gasteiger partial charge in [-0.2, -0.15) is 0 Å². The number of hydrogen-bond donors (Lipinski definition) is 1. The molecule has 0 aliphatic heterocycles. The maximum Gasteiger partial charge on any atom is 0.220 e. The van der Waals surface area contributed by atoms with Crippen LogP contribution in [0, 0.1) is 0 Å². The lowest BCUT2D eigenvalue weighted by molar-refractivity contribution is -0.121. The Labute approximate surface area is 166 Å². The van der Waals surface area contributed by atoms with Gasteiger partial charge in [0.2, 0.25) is 5.91 Å². The summed E-state index contributed by atoms with van der Waals surface area (Å²) in [5, 5.41) is 2.88. The first-order valence-electron chi connectivity index (χ1n) is 9.19. The molecule has 6 nitrogen and oxygen atoms in total. The van der Waals surface area contributed by atoms with Gasteiger partial charge in [-0.3, -0.25) is 4.79 Å². The standard InChI is InChI=1S/C21H27NO5S/c1-16(2)27-19-8-6-17(7-9-19)15-22-21(23)5-4-14-26-18-10-12-20(13-11-18)28(3,24)25/h6-13,16H,4-5,14-15H2,1-3H3,(H,22,23). The average molecular weight is 406 g/mol. The fraction of sp³-hybridized carbons (Fsp3) is 0.381. The van der Waals surface area contributed by atoms with Crippen LogP contribution in [0.2, 0.25) is 0 Å². The largest absolute Gasteiger partial charge is 0.494 e. The van der Waals surface area contributed by atoms with E-state index in [1.165, 1.54) is 12.1 Å². The minimum atomic E-state index is -3.21. The monoisotopic (exact) mass is 405 g/mol. The van der Waals surface area contributed by atoms with E-state index < -0.39 is 9.84 Å². The van der Waals surface area contributed by atoms with Crippen LogP contribution in [-0.4, -0.2) is 33.3 Å². The summed E-state index contributed by atoms with van der Waals surface area (Å²) in [5.41, 5.74) is 1.01. The molecule has 0 saturated carbocycles. The average Bonchev–Trinajstić information content (AvgIpc) is 2.64. The molecule has 1 amide bonds. The third kappa shape index (κ3) is 7.60. The highest BCUT2D eigenvalue weighted by Gasteiger charge is 2.07. The molecule has 1 N–H and O–H groups in total. The van der Waals surface area contributed by atoms with E-state index in [1.807, 2.05) is 38.1 Å². The van der Waals surface area contributed by atoms with E-state index in [0.717, 1.165) is 17.6 Å². The van der Waals surface area contributed by atoms with E-state index in [-0.39, 0.29) is 16.9 Å². The van der Waals surface area contributed by atoms with Gasteiger partial charge in [0.25, 0.3) is 0 Å². The van der Waals surface area contributed by atoms with Gasteiger partial charge < -0.3 is 14.8 Å². The molecule has 0 aliphatic rings. The SMILES string of the molecule is CC(C)Oc1ccc(CNC(=O)CCCOc2ccc(S(C)(=O)=O)cc2)cc1. The number of sulfone groups is 1. The zero-order chi connectivity index (χ0) is 20.6. The minimum Gasteiger partial charge on any atom is -0.494 e. The lowest BCUT2D eigenvalue weighted by atomic mass is 10.2. The van der Waals surface area contributed by atoms with Crippen LogP contribution in [0.1, 0.15) is 32.3 Å². The lowest BCUT2D eigenvalue weighted by Crippen LogP contribution is -2.23. The van der Waals surface area contributed by atoms with E-state index in [4.69, 9.17) is 9.47 Å². The predicted octanol–water partition coefficient (Wildman–Crippen LogP) is 3.35. The van der Waals surface area contributed by atoms with Crippen LogP contribution >= 0.6 is 0 Å². The maximum atomic E-state index is 11.9. The lowest BCUT2D eigenvalue weighted by Gasteiger charge is -2.10. The third-order valence-corrected chi connectivity index (χ3v) is 4.98. The summed E-state index contributed by atoms with van der Waals surface area (Å²) in [7, 11) is -3.21. The van der Waals surface area contributed by atoms with Crippen molar-refractivity contribution >= 4 is 15.7 Å². The molecule has 0 spiro atoms. The van der Waals surface area contributed by atoms with Crippen molar-refractivity contribution in [3.05, 3.63) is 54.1 Å². The third-order valence-electron chi connectivity index (χ3n) is 3.85. The Morgan fingerprint density at radius 3 is 2.18 bits per heavy atom. The molecule has 0 atom stereocenters. The van der Waals surface area contributed by atoms with Gasteiger partial charge in [-0.05, 0) is 62.2 Å². The van der Waals surface area contributed by atoms with Crippen molar-refractivity contribution in [3.8, 4) is 11.5 Å². The van der Waals surface area contributed by atoms with Crippen LogP contribution in [0.15, 0.2) is 53.4 Å². The zero-order valence-electron chi connectivity index (χ0n) is 16.5. The summed E-state index contributed by atoms with van der Waals surface area (Å²) in [6.07, 6.45) is 2.22. The highest BCUT2D eigenvalue weighted by molar-refractivity contribution is 7.90. The van der Waals surface area contributed by atoms with Crippen LogP contribution in [0.3, 0.4) is 0 Å². The summed E-state index contributed by atoms with van der Waals surface area (Å²) >= 11 is 0. The normalized spacial score (nSPS) is 11.3. The molecule has 0 bridgehead atoms. The van der Waals surface area contributed by atoms with Crippen molar-refractivity contribution < 1.29 is 22.7 Å². The van der Waals surface area contributed by atoms with Crippen molar-refractivity contribution in [2.24, 2.45) is 0 Å². The van der Waals surface area contributed by atoms with Crippen LogP contribution in [0.4, 0.5) is 0 Å². The Hall–Kier alpha value is -2.54. The summed E-state index contributed by atoms with van der Waals surface area (Å²) in [6.45, 7) is 4.80. The van der Waals surface area contributed by atoms with Crippen molar-refractivity contribution in [3.63, 3.8) is 0 Å². The first-order chi connectivity index (χ1) is 13.2. The van der Waals surface area contributed by atoms with Crippen LogP contribution < -0.4 is 14.8 Å². The van der Waals surface area contributed by atoms with Gasteiger partial charge in [0.15, 0.2) is 9.84 Å². The molecule has 7 heteroatoms. The number of carbonyl (C=O) groups is 1. The molecule has 0 radical (unpaired) electrons. The number of hydrogen-bond acceptors (Lipinski definition) is 5. The molecule has 2 rings (SSSR count). The van der Waals surface area contributed by atoms with Gasteiger partial charge in [0.05, 0.1) is 17.6 Å². The number of carbonyl (C=O) groups excluding carboxylic acids is 1. The Balaban J connectivity index is 1.66. The zero-order valence-corrected chi connectivity index (χ0v) is 17.3. The molecule has 0 heterocycles. The molecular formula is C21H27NO5S. The first-order valence-corrected chi connectivity index (χ1v) is 11.1. The molecule has 0 aliphatic carbocycles. The molecule has 28 heavy (non-hydrogen) atoms. The second-order valence-corrected chi connectivity index (χ2v) is 8.80. The van der Waals surface area contributed by atoms with Gasteiger partial charge >= 0.3 is 0 Å². The molecule has 0 fully saturated rings. The van der Waals surface area contributed by atoms with E-state index in [2.05, 4.69) is 5.32 Å². The Morgan fingerprint density at radius 1 is 1.00 bits per heavy atom. The molecular weight excluding hydrogens is 378 g/mol. The number of rotatable bonds is 10. The van der Waals surface area contributed by atoms with Crippen molar-refractivity contribution in [2.75, 3.05) is 12.9 Å². The number of nitrogens with one attached hydrogen (secondary N) is 1. The number of ether oxygens (including phenoxy) is 2. The summed E-state index contributed by atoms with van der Waals surface area (Å²) < 4.78 is 34.0. The van der Waals surface area contributed by atoms with Crippen molar-refractivity contribution in [1.82, 2.24) is 5.32 Å². The quantitative estimate of drug-likeness (QED) is 0.613. The second-order valence-electron chi connectivity index (χ2n) is 6.78. The molecule has 0 unspecified atom stereocenters. The minimum absolute atomic E-state index is 0.0430. The topological polar surface area (TPSA) is 81.7 Å². The van der Waals surface area contributed by atoms with Crippen LogP contribution in [-0.2, 0) is 21.2 Å². The number of amides is 1. The fourth-order valence-electron chi connectivity index (χ4n) is 2.45. The molecule has 152 valence electrons. The highest BCUT2D eigenvalue weighted by atomic mass is 32.2. The summed E-state index contributed by atoms with van der Waals surface area (Å²) in [4.78, 5) is 12.2. The van der Waals surface area contributed by atoms with Gasteiger partial charge in [0, 0.05) is 19.2 Å². The Kier molecular flexibility index (Phi) is 7.87. The molecule has 0 saturated heterocycles. The second kappa shape index (κ2) is 10.1. The van der Waals surface area contributed by atoms with Crippen LogP contribution in [0.25, 0.3) is 0 Å². The van der Waals surface area contributed by atoms with Crippen molar-refractivity contribution in [1.29, 1.82) is 0 Å². The highest BCUT2D eigenvalue weighted by Crippen LogP contribution is 2.16. The first kappa shape index (κ1) is 21.8. The fourth-order valence-corrected chi connectivity index (χ4v) is 3.08. The van der Waals surface area contributed by atoms with Gasteiger partial charge in [-0.1, -0.05) is 12.1 Å². The van der Waals surface area contributed by atoms with E-state index in [9.17, 15) is 13.2 Å². The van der Waals surface area contributed by atoms with Gasteiger partial charge in [0.1, 0.15) is 11.5 Å². The smallest absolute Gasteiger partial charge is 0.220 e. The van der Waals surface area contributed by atoms with Gasteiger partial charge in [-0.15, -0.1) is 0 Å². The Bertz CT molecular complexity index is 859. The Morgan fingerprint density at radius 2 is 1.61 bits per heavy atom. The van der Waals surface area contributed by atoms with E-state index >= 15 is 0 Å². The van der Waals surface area contributed by atoms with Crippen LogP contribution in [0.5, 0.6) is 11.5 Å². The van der Waals surface area contributed by atoms with E-state index in [1.54, 1.807) is 12.1 Å². The molecule has 2 aromatic carbocycles. The molecule has 0 aromatic heterocycles. The summed E-state index contributed by atoms with van der Waals surface area (Å²) in [5.74, 6) is 1.35. The van der Waals surface area contributed by atoms with Gasteiger partial charge in [-0.25, -0.2) is 8.42 Å².